The van der Waals surface area contributed by atoms with E-state index >= 15 is 0 Å². The van der Waals surface area contributed by atoms with Crippen molar-refractivity contribution in [3.63, 3.8) is 0 Å². The largest absolute Gasteiger partial charge is 0.395 e. The Labute approximate surface area is 179 Å². The molecule has 3 saturated heterocycles. The first-order valence-corrected chi connectivity index (χ1v) is 11.4. The maximum Gasteiger partial charge on any atom is 0.395 e. The van der Waals surface area contributed by atoms with E-state index in [1.54, 1.807) is 11.8 Å². The summed E-state index contributed by atoms with van der Waals surface area (Å²) in [6.45, 7) is 5.54. The van der Waals surface area contributed by atoms with Gasteiger partial charge in [-0.1, -0.05) is 0 Å². The van der Waals surface area contributed by atoms with Crippen LogP contribution in [0.4, 0.5) is 18.0 Å². The van der Waals surface area contributed by atoms with Crippen LogP contribution in [0.2, 0.25) is 0 Å². The predicted molar refractivity (Wildman–Crippen MR) is 110 cm³/mol. The van der Waals surface area contributed by atoms with Gasteiger partial charge in [0.15, 0.2) is 0 Å². The minimum Gasteiger partial charge on any atom is -0.368 e. The van der Waals surface area contributed by atoms with Crippen LogP contribution in [0, 0.1) is 11.3 Å². The molecule has 3 heterocycles. The molecular weight excluding hydrogens is 419 g/mol. The van der Waals surface area contributed by atoms with E-state index in [9.17, 15) is 22.8 Å². The fourth-order valence-electron chi connectivity index (χ4n) is 4.74. The van der Waals surface area contributed by atoms with Crippen molar-refractivity contribution < 1.29 is 22.8 Å². The van der Waals surface area contributed by atoms with Crippen molar-refractivity contribution in [2.75, 3.05) is 13.1 Å². The van der Waals surface area contributed by atoms with Gasteiger partial charge >= 0.3 is 12.2 Å². The molecular formula is C19H32F3N5O2S. The Bertz CT molecular complexity index is 663. The van der Waals surface area contributed by atoms with Gasteiger partial charge < -0.3 is 21.3 Å². The third-order valence-electron chi connectivity index (χ3n) is 6.81. The molecule has 0 aromatic heterocycles. The number of likely N-dealkylation sites (tertiary alicyclic amines) is 1. The molecule has 0 aliphatic carbocycles. The van der Waals surface area contributed by atoms with Crippen LogP contribution >= 0.6 is 11.8 Å². The molecule has 0 bridgehead atoms. The number of nitrogens with one attached hydrogen (secondary N) is 3. The molecule has 3 aliphatic heterocycles. The van der Waals surface area contributed by atoms with Gasteiger partial charge in [0.05, 0.1) is 5.41 Å². The van der Waals surface area contributed by atoms with Crippen LogP contribution in [0.3, 0.4) is 0 Å². The third kappa shape index (κ3) is 4.67. The van der Waals surface area contributed by atoms with E-state index in [1.165, 1.54) is 18.7 Å². The molecule has 30 heavy (non-hydrogen) atoms. The van der Waals surface area contributed by atoms with Gasteiger partial charge in [-0.3, -0.25) is 10.1 Å². The third-order valence-corrected chi connectivity index (χ3v) is 8.44. The quantitative estimate of drug-likeness (QED) is 0.524. The lowest BCUT2D eigenvalue weighted by Crippen LogP contribution is -2.55. The second kappa shape index (κ2) is 8.74. The van der Waals surface area contributed by atoms with Crippen LogP contribution in [-0.4, -0.2) is 65.0 Å². The number of hydrogen-bond donors (Lipinski definition) is 4. The maximum absolute atomic E-state index is 13.5. The number of amides is 3. The molecule has 3 fully saturated rings. The normalized spacial score (nSPS) is 35.5. The van der Waals surface area contributed by atoms with Gasteiger partial charge in [-0.15, -0.1) is 11.8 Å². The monoisotopic (exact) mass is 451 g/mol. The number of urea groups is 1. The summed E-state index contributed by atoms with van der Waals surface area (Å²) in [7, 11) is 0. The highest BCUT2D eigenvalue weighted by Gasteiger charge is 2.54. The molecule has 7 nitrogen and oxygen atoms in total. The van der Waals surface area contributed by atoms with Gasteiger partial charge in [-0.25, -0.2) is 4.79 Å². The van der Waals surface area contributed by atoms with Crippen molar-refractivity contribution in [1.82, 2.24) is 20.9 Å². The molecule has 0 saturated carbocycles. The van der Waals surface area contributed by atoms with Crippen LogP contribution in [0.25, 0.3) is 0 Å². The van der Waals surface area contributed by atoms with Gasteiger partial charge in [0.25, 0.3) is 0 Å². The van der Waals surface area contributed by atoms with Gasteiger partial charge in [-0.05, 0) is 58.9 Å². The Morgan fingerprint density at radius 1 is 1.23 bits per heavy atom. The first-order valence-electron chi connectivity index (χ1n) is 10.5. The number of carbonyl (C=O) groups excluding carboxylic acids is 2. The topological polar surface area (TPSA) is 99.5 Å². The zero-order valence-electron chi connectivity index (χ0n) is 17.6. The van der Waals surface area contributed by atoms with Crippen LogP contribution in [0.5, 0.6) is 0 Å². The van der Waals surface area contributed by atoms with Crippen molar-refractivity contribution in [3.05, 3.63) is 0 Å². The van der Waals surface area contributed by atoms with Gasteiger partial charge in [0.1, 0.15) is 11.5 Å². The molecule has 5 unspecified atom stereocenters. The molecule has 0 aromatic carbocycles. The molecule has 3 amide bonds. The summed E-state index contributed by atoms with van der Waals surface area (Å²) in [6.07, 6.45) is -1.74. The average molecular weight is 452 g/mol. The van der Waals surface area contributed by atoms with Crippen LogP contribution < -0.4 is 21.7 Å². The number of piperidine rings is 1. The maximum atomic E-state index is 13.5. The molecule has 6 atom stereocenters. The fraction of sp³-hybridized carbons (Fsp3) is 0.895. The zero-order chi connectivity index (χ0) is 22.3. The first-order chi connectivity index (χ1) is 13.9. The highest BCUT2D eigenvalue weighted by molar-refractivity contribution is 8.00. The summed E-state index contributed by atoms with van der Waals surface area (Å²) in [5.41, 5.74) is 3.23. The van der Waals surface area contributed by atoms with E-state index in [0.717, 1.165) is 12.8 Å². The van der Waals surface area contributed by atoms with Crippen molar-refractivity contribution >= 4 is 23.7 Å². The van der Waals surface area contributed by atoms with Gasteiger partial charge in [0, 0.05) is 23.9 Å². The summed E-state index contributed by atoms with van der Waals surface area (Å²) in [5, 5.41) is 9.39. The minimum atomic E-state index is -4.28. The van der Waals surface area contributed by atoms with E-state index in [2.05, 4.69) is 16.0 Å². The van der Waals surface area contributed by atoms with Gasteiger partial charge in [-0.2, -0.15) is 13.2 Å². The number of thioether (sulfide) groups is 1. The minimum absolute atomic E-state index is 0.0450. The Morgan fingerprint density at radius 3 is 2.57 bits per heavy atom. The highest BCUT2D eigenvalue weighted by Crippen LogP contribution is 2.45. The van der Waals surface area contributed by atoms with E-state index in [0.29, 0.717) is 25.9 Å². The van der Waals surface area contributed by atoms with E-state index in [-0.39, 0.29) is 28.7 Å². The highest BCUT2D eigenvalue weighted by atomic mass is 32.2. The summed E-state index contributed by atoms with van der Waals surface area (Å²) < 4.78 is 40.5. The number of nitrogens with two attached hydrogens (primary N) is 1. The predicted octanol–water partition coefficient (Wildman–Crippen LogP) is 1.98. The summed E-state index contributed by atoms with van der Waals surface area (Å²) >= 11 is 1.55. The summed E-state index contributed by atoms with van der Waals surface area (Å²) in [6, 6.07) is -1.52. The lowest BCUT2D eigenvalue weighted by molar-refractivity contribution is -0.224. The number of alkyl halides is 3. The van der Waals surface area contributed by atoms with Gasteiger partial charge in [0.2, 0.25) is 5.91 Å². The Kier molecular flexibility index (Phi) is 6.83. The number of primary amides is 1. The molecule has 3 aliphatic rings. The second-order valence-corrected chi connectivity index (χ2v) is 10.4. The molecule has 172 valence electrons. The number of halogens is 3. The molecule has 3 rings (SSSR count). The summed E-state index contributed by atoms with van der Waals surface area (Å²) in [4.78, 5) is 25.6. The van der Waals surface area contributed by atoms with E-state index in [4.69, 9.17) is 5.73 Å². The zero-order valence-corrected chi connectivity index (χ0v) is 18.4. The standard InChI is InChI=1S/C19H32F3N5O2S/c1-10-14(11-6-7-24-13(9-11)18(2,3)19(20,21)22)30-16(25-10)26-17(29)27-8-4-5-12(27)15(23)28/h10-14,16,24-25H,4-9H2,1-3H3,(H2,23,28)(H,26,29)/t10?,11?,12-,13?,14?,16?/m1/s1. The van der Waals surface area contributed by atoms with Crippen LogP contribution in [-0.2, 0) is 4.79 Å². The smallest absolute Gasteiger partial charge is 0.368 e. The molecule has 5 N–H and O–H groups in total. The van der Waals surface area contributed by atoms with Crippen LogP contribution in [0.1, 0.15) is 46.5 Å². The Hall–Kier alpha value is -1.20. The molecule has 11 heteroatoms. The number of carbonyl (C=O) groups is 2. The van der Waals surface area contributed by atoms with E-state index in [1.807, 2.05) is 6.92 Å². The molecule has 0 aromatic rings. The SMILES string of the molecule is CC1NC(NC(=O)N2CCC[C@@H]2C(N)=O)SC1C1CCNC(C(C)(C)C(F)(F)F)C1. The van der Waals surface area contributed by atoms with Crippen LogP contribution in [0.15, 0.2) is 0 Å². The van der Waals surface area contributed by atoms with Crippen molar-refractivity contribution in [3.8, 4) is 0 Å². The molecule has 0 spiro atoms. The summed E-state index contributed by atoms with van der Waals surface area (Å²) in [5.74, 6) is -0.397. The van der Waals surface area contributed by atoms with Crippen molar-refractivity contribution in [1.29, 1.82) is 0 Å². The number of nitrogens with zero attached hydrogens (tertiary/aromatic N) is 1. The van der Waals surface area contributed by atoms with Crippen molar-refractivity contribution in [2.45, 2.75) is 81.5 Å². The van der Waals surface area contributed by atoms with E-state index < -0.39 is 29.6 Å². The number of rotatable bonds is 4. The number of hydrogen-bond acceptors (Lipinski definition) is 5. The molecule has 0 radical (unpaired) electrons. The van der Waals surface area contributed by atoms with Crippen molar-refractivity contribution in [2.24, 2.45) is 17.1 Å². The second-order valence-electron chi connectivity index (χ2n) is 9.15. The lowest BCUT2D eigenvalue weighted by atomic mass is 9.75. The first kappa shape index (κ1) is 23.5. The lowest BCUT2D eigenvalue weighted by Gasteiger charge is -2.43. The Morgan fingerprint density at radius 2 is 1.93 bits per heavy atom. The average Bonchev–Trinajstić information content (AvgIpc) is 3.28. The fourth-order valence-corrected chi connectivity index (χ4v) is 6.30. The Balaban J connectivity index is 1.59.